The molecule has 0 aliphatic carbocycles. The first-order valence-corrected chi connectivity index (χ1v) is 5.74. The van der Waals surface area contributed by atoms with Gasteiger partial charge in [0.05, 0.1) is 18.2 Å². The third-order valence-electron chi connectivity index (χ3n) is 3.18. The van der Waals surface area contributed by atoms with Crippen molar-refractivity contribution in [2.24, 2.45) is 0 Å². The Hall–Kier alpha value is -2.60. The van der Waals surface area contributed by atoms with Crippen molar-refractivity contribution in [3.63, 3.8) is 0 Å². The van der Waals surface area contributed by atoms with Crippen LogP contribution in [-0.4, -0.2) is 5.84 Å². The number of nitriles is 1. The lowest BCUT2D eigenvalue weighted by molar-refractivity contribution is 1.05. The summed E-state index contributed by atoms with van der Waals surface area (Å²) in [7, 11) is 0. The Labute approximate surface area is 105 Å². The van der Waals surface area contributed by atoms with Crippen molar-refractivity contribution in [1.29, 1.82) is 10.7 Å². The van der Waals surface area contributed by atoms with Crippen molar-refractivity contribution < 1.29 is 0 Å². The van der Waals surface area contributed by atoms with E-state index in [0.717, 1.165) is 17.8 Å². The molecule has 1 heterocycles. The van der Waals surface area contributed by atoms with Crippen molar-refractivity contribution in [3.05, 3.63) is 65.2 Å². The number of nitrogens with one attached hydrogen (secondary N) is 1. The Kier molecular flexibility index (Phi) is 2.35. The zero-order chi connectivity index (χ0) is 12.5. The van der Waals surface area contributed by atoms with Gasteiger partial charge in [0.15, 0.2) is 0 Å². The van der Waals surface area contributed by atoms with Crippen molar-refractivity contribution in [1.82, 2.24) is 0 Å². The Morgan fingerprint density at radius 1 is 1.06 bits per heavy atom. The van der Waals surface area contributed by atoms with Crippen LogP contribution in [0.3, 0.4) is 0 Å². The lowest BCUT2D eigenvalue weighted by Gasteiger charge is -2.17. The molecule has 3 heteroatoms. The summed E-state index contributed by atoms with van der Waals surface area (Å²) in [5.74, 6) is 0.523. The molecule has 3 nitrogen and oxygen atoms in total. The summed E-state index contributed by atoms with van der Waals surface area (Å²) in [6.45, 7) is 0.723. The lowest BCUT2D eigenvalue weighted by Crippen LogP contribution is -2.22. The van der Waals surface area contributed by atoms with Gasteiger partial charge in [0, 0.05) is 11.3 Å². The summed E-state index contributed by atoms with van der Waals surface area (Å²) >= 11 is 0. The fourth-order valence-corrected chi connectivity index (χ4v) is 2.22. The van der Waals surface area contributed by atoms with E-state index < -0.39 is 0 Å². The maximum absolute atomic E-state index is 8.78. The quantitative estimate of drug-likeness (QED) is 0.823. The second-order valence-electron chi connectivity index (χ2n) is 4.25. The minimum Gasteiger partial charge on any atom is -0.322 e. The highest BCUT2D eigenvalue weighted by molar-refractivity contribution is 6.11. The summed E-state index contributed by atoms with van der Waals surface area (Å²) in [6.07, 6.45) is 0. The van der Waals surface area contributed by atoms with Gasteiger partial charge in [0.25, 0.3) is 0 Å². The van der Waals surface area contributed by atoms with Crippen LogP contribution in [0.1, 0.15) is 16.7 Å². The van der Waals surface area contributed by atoms with Gasteiger partial charge < -0.3 is 4.90 Å². The predicted octanol–water partition coefficient (Wildman–Crippen LogP) is 2.90. The Morgan fingerprint density at radius 3 is 2.44 bits per heavy atom. The van der Waals surface area contributed by atoms with Crippen LogP contribution in [-0.2, 0) is 6.54 Å². The molecule has 1 aliphatic rings. The van der Waals surface area contributed by atoms with Gasteiger partial charge in [-0.3, -0.25) is 5.41 Å². The minimum atomic E-state index is 0.523. The normalized spacial score (nSPS) is 13.3. The molecule has 86 valence electrons. The maximum atomic E-state index is 8.78. The molecule has 18 heavy (non-hydrogen) atoms. The van der Waals surface area contributed by atoms with Gasteiger partial charge in [-0.2, -0.15) is 5.26 Å². The van der Waals surface area contributed by atoms with Crippen molar-refractivity contribution >= 4 is 11.5 Å². The standard InChI is InChI=1S/C15H11N3/c16-9-11-5-7-13(8-6-11)18-10-12-3-1-2-4-14(12)15(18)17/h1-8,17H,10H2. The van der Waals surface area contributed by atoms with Gasteiger partial charge in [-0.15, -0.1) is 0 Å². The zero-order valence-corrected chi connectivity index (χ0v) is 9.72. The van der Waals surface area contributed by atoms with Crippen LogP contribution >= 0.6 is 0 Å². The summed E-state index contributed by atoms with van der Waals surface area (Å²) in [5, 5.41) is 17.0. The van der Waals surface area contributed by atoms with Gasteiger partial charge >= 0.3 is 0 Å². The fraction of sp³-hybridized carbons (Fsp3) is 0.0667. The van der Waals surface area contributed by atoms with E-state index in [1.54, 1.807) is 12.1 Å². The summed E-state index contributed by atoms with van der Waals surface area (Å²) in [5.41, 5.74) is 3.76. The minimum absolute atomic E-state index is 0.523. The van der Waals surface area contributed by atoms with Gasteiger partial charge in [0.1, 0.15) is 5.84 Å². The number of benzene rings is 2. The SMILES string of the molecule is N#Cc1ccc(N2Cc3ccccc3C2=N)cc1. The third kappa shape index (κ3) is 1.56. The molecule has 0 amide bonds. The van der Waals surface area contributed by atoms with Gasteiger partial charge in [-0.05, 0) is 29.8 Å². The van der Waals surface area contributed by atoms with E-state index in [1.165, 1.54) is 5.56 Å². The van der Waals surface area contributed by atoms with Crippen LogP contribution < -0.4 is 4.90 Å². The average molecular weight is 233 g/mol. The molecule has 0 atom stereocenters. The Bertz CT molecular complexity index is 650. The van der Waals surface area contributed by atoms with Crippen molar-refractivity contribution in [3.8, 4) is 6.07 Å². The largest absolute Gasteiger partial charge is 0.322 e. The van der Waals surface area contributed by atoms with Gasteiger partial charge in [-0.1, -0.05) is 24.3 Å². The van der Waals surface area contributed by atoms with E-state index in [1.807, 2.05) is 41.3 Å². The van der Waals surface area contributed by atoms with E-state index in [0.29, 0.717) is 11.4 Å². The molecular weight excluding hydrogens is 222 g/mol. The van der Waals surface area contributed by atoms with Gasteiger partial charge in [-0.25, -0.2) is 0 Å². The van der Waals surface area contributed by atoms with Crippen molar-refractivity contribution in [2.45, 2.75) is 6.54 Å². The lowest BCUT2D eigenvalue weighted by atomic mass is 10.1. The Balaban J connectivity index is 1.96. The van der Waals surface area contributed by atoms with Gasteiger partial charge in [0.2, 0.25) is 0 Å². The molecule has 2 aromatic carbocycles. The van der Waals surface area contributed by atoms with Crippen LogP contribution in [0.25, 0.3) is 0 Å². The molecule has 0 aromatic heterocycles. The second kappa shape index (κ2) is 4.01. The first-order chi connectivity index (χ1) is 8.79. The van der Waals surface area contributed by atoms with E-state index in [9.17, 15) is 0 Å². The number of hydrogen-bond acceptors (Lipinski definition) is 2. The number of hydrogen-bond donors (Lipinski definition) is 1. The zero-order valence-electron chi connectivity index (χ0n) is 9.72. The molecule has 0 spiro atoms. The molecule has 0 saturated heterocycles. The number of fused-ring (bicyclic) bond motifs is 1. The molecule has 1 aliphatic heterocycles. The topological polar surface area (TPSA) is 50.9 Å². The number of rotatable bonds is 1. The summed E-state index contributed by atoms with van der Waals surface area (Å²) in [4.78, 5) is 1.95. The highest BCUT2D eigenvalue weighted by atomic mass is 15.2. The van der Waals surface area contributed by atoms with E-state index in [-0.39, 0.29) is 0 Å². The number of nitrogens with zero attached hydrogens (tertiary/aromatic N) is 2. The van der Waals surface area contributed by atoms with Crippen LogP contribution in [0.4, 0.5) is 5.69 Å². The number of anilines is 1. The molecular formula is C15H11N3. The smallest absolute Gasteiger partial charge is 0.133 e. The molecule has 0 fully saturated rings. The van der Waals surface area contributed by atoms with Crippen LogP contribution in [0, 0.1) is 16.7 Å². The summed E-state index contributed by atoms with van der Waals surface area (Å²) in [6, 6.07) is 17.4. The molecule has 0 saturated carbocycles. The molecule has 0 bridgehead atoms. The Morgan fingerprint density at radius 2 is 1.78 bits per heavy atom. The molecule has 2 aromatic rings. The number of amidine groups is 1. The third-order valence-corrected chi connectivity index (χ3v) is 3.18. The highest BCUT2D eigenvalue weighted by Crippen LogP contribution is 2.27. The maximum Gasteiger partial charge on any atom is 0.133 e. The second-order valence-corrected chi connectivity index (χ2v) is 4.25. The van der Waals surface area contributed by atoms with E-state index >= 15 is 0 Å². The molecule has 0 unspecified atom stereocenters. The molecule has 1 N–H and O–H groups in total. The van der Waals surface area contributed by atoms with Crippen molar-refractivity contribution in [2.75, 3.05) is 4.90 Å². The first-order valence-electron chi connectivity index (χ1n) is 5.74. The monoisotopic (exact) mass is 233 g/mol. The fourth-order valence-electron chi connectivity index (χ4n) is 2.22. The van der Waals surface area contributed by atoms with E-state index in [2.05, 4.69) is 6.07 Å². The highest BCUT2D eigenvalue weighted by Gasteiger charge is 2.24. The van der Waals surface area contributed by atoms with E-state index in [4.69, 9.17) is 10.7 Å². The average Bonchev–Trinajstić information content (AvgIpc) is 2.77. The van der Waals surface area contributed by atoms with Crippen LogP contribution in [0.15, 0.2) is 48.5 Å². The predicted molar refractivity (Wildman–Crippen MR) is 70.6 cm³/mol. The van der Waals surface area contributed by atoms with Crippen LogP contribution in [0.2, 0.25) is 0 Å². The molecule has 0 radical (unpaired) electrons. The van der Waals surface area contributed by atoms with Crippen LogP contribution in [0.5, 0.6) is 0 Å². The summed E-state index contributed by atoms with van der Waals surface area (Å²) < 4.78 is 0. The first kappa shape index (κ1) is 10.5. The molecule has 3 rings (SSSR count).